The zero-order chi connectivity index (χ0) is 24.6. The second-order valence-corrected chi connectivity index (χ2v) is 10.5. The van der Waals surface area contributed by atoms with Crippen molar-refractivity contribution in [1.29, 1.82) is 0 Å². The molecule has 2 atom stereocenters. The number of hydrogen-bond donors (Lipinski definition) is 2. The standard InChI is InChI=1S/C25H24N6O2S2/c1-17-16-18(11-12-19(17)29-35(2,32)33)31-24(23(28-25(31)34)20-8-3-5-13-26-20)21-9-7-15-30(21)22-10-4-6-14-27-22/h3-16,23-24,29H,1-2H3,(H,28,34). The van der Waals surface area contributed by atoms with Crippen LogP contribution < -0.4 is 14.9 Å². The van der Waals surface area contributed by atoms with E-state index in [1.54, 1.807) is 18.5 Å². The predicted octanol–water partition coefficient (Wildman–Crippen LogP) is 4.12. The molecule has 2 unspecified atom stereocenters. The third-order valence-electron chi connectivity index (χ3n) is 5.86. The van der Waals surface area contributed by atoms with Crippen molar-refractivity contribution in [2.24, 2.45) is 0 Å². The van der Waals surface area contributed by atoms with Crippen molar-refractivity contribution in [2.45, 2.75) is 19.0 Å². The number of benzene rings is 1. The summed E-state index contributed by atoms with van der Waals surface area (Å²) in [7, 11) is -3.39. The molecular weight excluding hydrogens is 480 g/mol. The lowest BCUT2D eigenvalue weighted by atomic mass is 10.0. The second-order valence-electron chi connectivity index (χ2n) is 8.36. The minimum atomic E-state index is -3.39. The van der Waals surface area contributed by atoms with Gasteiger partial charge in [-0.25, -0.2) is 13.4 Å². The van der Waals surface area contributed by atoms with Gasteiger partial charge in [-0.1, -0.05) is 12.1 Å². The monoisotopic (exact) mass is 504 g/mol. The highest BCUT2D eigenvalue weighted by Gasteiger charge is 2.42. The van der Waals surface area contributed by atoms with E-state index in [-0.39, 0.29) is 12.1 Å². The number of pyridine rings is 2. The smallest absolute Gasteiger partial charge is 0.229 e. The molecule has 0 amide bonds. The first-order valence-corrected chi connectivity index (χ1v) is 13.3. The van der Waals surface area contributed by atoms with E-state index >= 15 is 0 Å². The Morgan fingerprint density at radius 2 is 1.77 bits per heavy atom. The number of nitrogens with zero attached hydrogens (tertiary/aromatic N) is 4. The number of hydrogen-bond acceptors (Lipinski definition) is 5. The quantitative estimate of drug-likeness (QED) is 0.382. The lowest BCUT2D eigenvalue weighted by Crippen LogP contribution is -2.30. The van der Waals surface area contributed by atoms with Gasteiger partial charge in [0.05, 0.1) is 23.7 Å². The fourth-order valence-corrected chi connectivity index (χ4v) is 5.36. The number of rotatable bonds is 6. The van der Waals surface area contributed by atoms with Gasteiger partial charge in [0, 0.05) is 30.0 Å². The maximum atomic E-state index is 11.8. The summed E-state index contributed by atoms with van der Waals surface area (Å²) >= 11 is 5.82. The van der Waals surface area contributed by atoms with E-state index in [1.807, 2.05) is 67.7 Å². The van der Waals surface area contributed by atoms with Crippen LogP contribution in [0.4, 0.5) is 11.4 Å². The number of sulfonamides is 1. The molecule has 10 heteroatoms. The average Bonchev–Trinajstić information content (AvgIpc) is 3.45. The Morgan fingerprint density at radius 1 is 1.00 bits per heavy atom. The van der Waals surface area contributed by atoms with Crippen molar-refractivity contribution >= 4 is 38.7 Å². The molecule has 1 aliphatic rings. The summed E-state index contributed by atoms with van der Waals surface area (Å²) in [5.41, 5.74) is 4.02. The average molecular weight is 505 g/mol. The third-order valence-corrected chi connectivity index (χ3v) is 6.77. The number of aromatic nitrogens is 3. The largest absolute Gasteiger partial charge is 0.351 e. The van der Waals surface area contributed by atoms with Crippen LogP contribution >= 0.6 is 12.2 Å². The molecule has 1 aromatic carbocycles. The molecule has 1 saturated heterocycles. The molecule has 0 radical (unpaired) electrons. The fraction of sp³-hybridized carbons (Fsp3) is 0.160. The van der Waals surface area contributed by atoms with Crippen LogP contribution in [-0.4, -0.2) is 34.3 Å². The Hall–Kier alpha value is -3.76. The minimum Gasteiger partial charge on any atom is -0.351 e. The van der Waals surface area contributed by atoms with Crippen LogP contribution in [0.3, 0.4) is 0 Å². The summed E-state index contributed by atoms with van der Waals surface area (Å²) in [6.45, 7) is 1.87. The van der Waals surface area contributed by atoms with Crippen molar-refractivity contribution in [2.75, 3.05) is 15.9 Å². The minimum absolute atomic E-state index is 0.213. The van der Waals surface area contributed by atoms with E-state index in [4.69, 9.17) is 12.2 Å². The lowest BCUT2D eigenvalue weighted by molar-refractivity contribution is 0.548. The predicted molar refractivity (Wildman–Crippen MR) is 141 cm³/mol. The molecule has 0 aliphatic carbocycles. The first-order valence-electron chi connectivity index (χ1n) is 11.0. The van der Waals surface area contributed by atoms with Gasteiger partial charge in [-0.15, -0.1) is 0 Å². The van der Waals surface area contributed by atoms with Crippen molar-refractivity contribution in [3.8, 4) is 5.82 Å². The van der Waals surface area contributed by atoms with E-state index in [2.05, 4.69) is 35.5 Å². The Bertz CT molecular complexity index is 1470. The SMILES string of the molecule is Cc1cc(N2C(=S)NC(c3ccccn3)C2c2cccn2-c2ccccn2)ccc1NS(C)(=O)=O. The van der Waals surface area contributed by atoms with E-state index < -0.39 is 10.0 Å². The first kappa shape index (κ1) is 23.0. The van der Waals surface area contributed by atoms with E-state index in [0.29, 0.717) is 10.8 Å². The van der Waals surface area contributed by atoms with Gasteiger partial charge in [-0.05, 0) is 79.3 Å². The van der Waals surface area contributed by atoms with Crippen molar-refractivity contribution in [3.63, 3.8) is 0 Å². The fourth-order valence-electron chi connectivity index (χ4n) is 4.39. The highest BCUT2D eigenvalue weighted by Crippen LogP contribution is 2.42. The highest BCUT2D eigenvalue weighted by molar-refractivity contribution is 7.92. The summed E-state index contributed by atoms with van der Waals surface area (Å²) in [5.74, 6) is 0.800. The molecule has 3 aromatic heterocycles. The van der Waals surface area contributed by atoms with Crippen molar-refractivity contribution in [3.05, 3.63) is 102 Å². The van der Waals surface area contributed by atoms with Gasteiger partial charge < -0.3 is 14.8 Å². The second kappa shape index (κ2) is 9.12. The molecular formula is C25H24N6O2S2. The van der Waals surface area contributed by atoms with Crippen molar-refractivity contribution in [1.82, 2.24) is 19.9 Å². The first-order chi connectivity index (χ1) is 16.8. The maximum absolute atomic E-state index is 11.8. The molecule has 0 saturated carbocycles. The molecule has 35 heavy (non-hydrogen) atoms. The molecule has 4 heterocycles. The summed E-state index contributed by atoms with van der Waals surface area (Å²) in [6.07, 6.45) is 6.66. The van der Waals surface area contributed by atoms with Gasteiger partial charge in [0.1, 0.15) is 11.9 Å². The van der Waals surface area contributed by atoms with Crippen LogP contribution in [0.5, 0.6) is 0 Å². The van der Waals surface area contributed by atoms with E-state index in [9.17, 15) is 8.42 Å². The van der Waals surface area contributed by atoms with Crippen LogP contribution in [-0.2, 0) is 10.0 Å². The zero-order valence-corrected chi connectivity index (χ0v) is 20.8. The molecule has 8 nitrogen and oxygen atoms in total. The molecule has 1 fully saturated rings. The van der Waals surface area contributed by atoms with E-state index in [0.717, 1.165) is 34.7 Å². The van der Waals surface area contributed by atoms with Crippen LogP contribution in [0, 0.1) is 6.92 Å². The summed E-state index contributed by atoms with van der Waals surface area (Å²) in [5, 5.41) is 4.02. The van der Waals surface area contributed by atoms with Gasteiger partial charge in [-0.3, -0.25) is 9.71 Å². The van der Waals surface area contributed by atoms with Gasteiger partial charge in [0.25, 0.3) is 0 Å². The lowest BCUT2D eigenvalue weighted by Gasteiger charge is -2.29. The maximum Gasteiger partial charge on any atom is 0.229 e. The molecule has 1 aliphatic heterocycles. The molecule has 0 spiro atoms. The van der Waals surface area contributed by atoms with Gasteiger partial charge >= 0.3 is 0 Å². The van der Waals surface area contributed by atoms with Crippen LogP contribution in [0.2, 0.25) is 0 Å². The van der Waals surface area contributed by atoms with E-state index in [1.165, 1.54) is 0 Å². The third kappa shape index (κ3) is 4.62. The number of aryl methyl sites for hydroxylation is 1. The van der Waals surface area contributed by atoms with Gasteiger partial charge in [-0.2, -0.15) is 0 Å². The normalized spacial score (nSPS) is 17.9. The molecule has 2 N–H and O–H groups in total. The number of nitrogens with one attached hydrogen (secondary N) is 2. The summed E-state index contributed by atoms with van der Waals surface area (Å²) in [4.78, 5) is 11.2. The Morgan fingerprint density at radius 3 is 2.43 bits per heavy atom. The van der Waals surface area contributed by atoms with Crippen LogP contribution in [0.25, 0.3) is 5.82 Å². The Kier molecular flexibility index (Phi) is 6.00. The Labute approximate surface area is 209 Å². The highest BCUT2D eigenvalue weighted by atomic mass is 32.2. The van der Waals surface area contributed by atoms with Gasteiger partial charge in [0.2, 0.25) is 10.0 Å². The summed E-state index contributed by atoms with van der Waals surface area (Å²) in [6, 6.07) is 20.8. The van der Waals surface area contributed by atoms with Crippen LogP contribution in [0.1, 0.15) is 29.0 Å². The molecule has 4 aromatic rings. The number of thiocarbonyl (C=S) groups is 1. The number of anilines is 2. The van der Waals surface area contributed by atoms with Crippen molar-refractivity contribution < 1.29 is 8.42 Å². The molecule has 178 valence electrons. The van der Waals surface area contributed by atoms with Gasteiger partial charge in [0.15, 0.2) is 5.11 Å². The molecule has 5 rings (SSSR count). The zero-order valence-electron chi connectivity index (χ0n) is 19.2. The van der Waals surface area contributed by atoms with Crippen LogP contribution in [0.15, 0.2) is 85.3 Å². The topological polar surface area (TPSA) is 92.2 Å². The Balaban J connectivity index is 1.63. The molecule has 0 bridgehead atoms. The summed E-state index contributed by atoms with van der Waals surface area (Å²) < 4.78 is 28.1.